The van der Waals surface area contributed by atoms with Crippen molar-refractivity contribution in [3.8, 4) is 11.5 Å². The quantitative estimate of drug-likeness (QED) is 0.586. The SMILES string of the molecule is O=C(Cc1ccsc1)Nc1ccc(-c2nc3ccccc3o2)cc1. The van der Waals surface area contributed by atoms with Gasteiger partial charge in [-0.2, -0.15) is 11.3 Å². The fraction of sp³-hybridized carbons (Fsp3) is 0.0526. The summed E-state index contributed by atoms with van der Waals surface area (Å²) in [4.78, 5) is 16.5. The third kappa shape index (κ3) is 3.07. The van der Waals surface area contributed by atoms with Crippen molar-refractivity contribution in [1.29, 1.82) is 0 Å². The van der Waals surface area contributed by atoms with Crippen molar-refractivity contribution >= 4 is 34.0 Å². The van der Waals surface area contributed by atoms with Crippen molar-refractivity contribution in [3.05, 3.63) is 70.9 Å². The van der Waals surface area contributed by atoms with Crippen LogP contribution in [0.4, 0.5) is 5.69 Å². The normalized spacial score (nSPS) is 10.8. The Morgan fingerprint density at radius 3 is 2.67 bits per heavy atom. The van der Waals surface area contributed by atoms with E-state index in [-0.39, 0.29) is 5.91 Å². The van der Waals surface area contributed by atoms with Crippen molar-refractivity contribution in [2.24, 2.45) is 0 Å². The molecule has 2 aromatic heterocycles. The highest BCUT2D eigenvalue weighted by molar-refractivity contribution is 7.08. The molecule has 5 heteroatoms. The number of nitrogens with one attached hydrogen (secondary N) is 1. The minimum atomic E-state index is -0.0250. The maximum Gasteiger partial charge on any atom is 0.228 e. The topological polar surface area (TPSA) is 55.1 Å². The number of carbonyl (C=O) groups is 1. The second-order valence-electron chi connectivity index (χ2n) is 5.42. The highest BCUT2D eigenvalue weighted by Gasteiger charge is 2.09. The molecule has 0 aliphatic rings. The lowest BCUT2D eigenvalue weighted by Crippen LogP contribution is -2.13. The van der Waals surface area contributed by atoms with Crippen LogP contribution in [-0.2, 0) is 11.2 Å². The van der Waals surface area contributed by atoms with E-state index in [0.717, 1.165) is 27.9 Å². The molecular weight excluding hydrogens is 320 g/mol. The van der Waals surface area contributed by atoms with Crippen LogP contribution >= 0.6 is 11.3 Å². The number of rotatable bonds is 4. The molecule has 0 saturated heterocycles. The molecule has 4 rings (SSSR count). The van der Waals surface area contributed by atoms with Gasteiger partial charge in [0.15, 0.2) is 5.58 Å². The Morgan fingerprint density at radius 2 is 1.92 bits per heavy atom. The minimum absolute atomic E-state index is 0.0250. The van der Waals surface area contributed by atoms with Crippen LogP contribution in [-0.4, -0.2) is 10.9 Å². The number of benzene rings is 2. The van der Waals surface area contributed by atoms with Crippen LogP contribution in [0.3, 0.4) is 0 Å². The number of oxazole rings is 1. The summed E-state index contributed by atoms with van der Waals surface area (Å²) < 4.78 is 5.75. The lowest BCUT2D eigenvalue weighted by molar-refractivity contribution is -0.115. The van der Waals surface area contributed by atoms with Crippen LogP contribution in [0.15, 0.2) is 69.8 Å². The zero-order chi connectivity index (χ0) is 16.4. The molecule has 24 heavy (non-hydrogen) atoms. The molecule has 2 heterocycles. The van der Waals surface area contributed by atoms with Gasteiger partial charge in [-0.15, -0.1) is 0 Å². The molecule has 0 atom stereocenters. The summed E-state index contributed by atoms with van der Waals surface area (Å²) in [6, 6.07) is 17.1. The van der Waals surface area contributed by atoms with E-state index >= 15 is 0 Å². The van der Waals surface area contributed by atoms with Crippen molar-refractivity contribution in [2.45, 2.75) is 6.42 Å². The molecule has 0 saturated carbocycles. The maximum absolute atomic E-state index is 12.0. The Bertz CT molecular complexity index is 939. The number of carbonyl (C=O) groups excluding carboxylic acids is 1. The first kappa shape index (κ1) is 14.7. The van der Waals surface area contributed by atoms with E-state index in [4.69, 9.17) is 4.42 Å². The van der Waals surface area contributed by atoms with Gasteiger partial charge in [-0.1, -0.05) is 12.1 Å². The predicted octanol–water partition coefficient (Wildman–Crippen LogP) is 4.74. The van der Waals surface area contributed by atoms with Crippen LogP contribution in [0.25, 0.3) is 22.6 Å². The smallest absolute Gasteiger partial charge is 0.228 e. The Kier molecular flexibility index (Phi) is 3.84. The number of hydrogen-bond acceptors (Lipinski definition) is 4. The highest BCUT2D eigenvalue weighted by Crippen LogP contribution is 2.25. The first-order chi connectivity index (χ1) is 11.8. The summed E-state index contributed by atoms with van der Waals surface area (Å²) in [5.41, 5.74) is 4.26. The van der Waals surface area contributed by atoms with E-state index in [1.807, 2.05) is 65.4 Å². The van der Waals surface area contributed by atoms with Gasteiger partial charge in [0.05, 0.1) is 6.42 Å². The van der Waals surface area contributed by atoms with Gasteiger partial charge in [0.25, 0.3) is 0 Å². The average molecular weight is 334 g/mol. The number of nitrogens with zero attached hydrogens (tertiary/aromatic N) is 1. The zero-order valence-corrected chi connectivity index (χ0v) is 13.5. The number of para-hydroxylation sites is 2. The molecule has 1 N–H and O–H groups in total. The van der Waals surface area contributed by atoms with Gasteiger partial charge in [-0.3, -0.25) is 4.79 Å². The zero-order valence-electron chi connectivity index (χ0n) is 12.7. The lowest BCUT2D eigenvalue weighted by Gasteiger charge is -2.05. The predicted molar refractivity (Wildman–Crippen MR) is 96.1 cm³/mol. The average Bonchev–Trinajstić information content (AvgIpc) is 3.24. The van der Waals surface area contributed by atoms with Crippen LogP contribution in [0.1, 0.15) is 5.56 Å². The minimum Gasteiger partial charge on any atom is -0.436 e. The molecule has 0 radical (unpaired) electrons. The summed E-state index contributed by atoms with van der Waals surface area (Å²) in [6.07, 6.45) is 0.385. The number of thiophene rings is 1. The second-order valence-corrected chi connectivity index (χ2v) is 6.20. The summed E-state index contributed by atoms with van der Waals surface area (Å²) in [5, 5.41) is 6.85. The maximum atomic E-state index is 12.0. The number of fused-ring (bicyclic) bond motifs is 1. The second kappa shape index (κ2) is 6.29. The van der Waals surface area contributed by atoms with Crippen LogP contribution in [0, 0.1) is 0 Å². The molecule has 2 aromatic carbocycles. The van der Waals surface area contributed by atoms with Crippen molar-refractivity contribution in [2.75, 3.05) is 5.32 Å². The highest BCUT2D eigenvalue weighted by atomic mass is 32.1. The Morgan fingerprint density at radius 1 is 1.08 bits per heavy atom. The van der Waals surface area contributed by atoms with Crippen molar-refractivity contribution in [1.82, 2.24) is 4.98 Å². The molecule has 4 nitrogen and oxygen atoms in total. The third-order valence-corrected chi connectivity index (χ3v) is 4.39. The first-order valence-corrected chi connectivity index (χ1v) is 8.49. The monoisotopic (exact) mass is 334 g/mol. The summed E-state index contributed by atoms with van der Waals surface area (Å²) >= 11 is 1.59. The van der Waals surface area contributed by atoms with Crippen LogP contribution in [0.5, 0.6) is 0 Å². The molecular formula is C19H14N2O2S. The summed E-state index contributed by atoms with van der Waals surface area (Å²) in [5.74, 6) is 0.551. The van der Waals surface area contributed by atoms with E-state index < -0.39 is 0 Å². The largest absolute Gasteiger partial charge is 0.436 e. The van der Waals surface area contributed by atoms with E-state index in [9.17, 15) is 4.79 Å². The fourth-order valence-corrected chi connectivity index (χ4v) is 3.14. The molecule has 4 aromatic rings. The van der Waals surface area contributed by atoms with Gasteiger partial charge < -0.3 is 9.73 Å². The van der Waals surface area contributed by atoms with Gasteiger partial charge in [0.1, 0.15) is 5.52 Å². The van der Waals surface area contributed by atoms with E-state index in [2.05, 4.69) is 10.3 Å². The van der Waals surface area contributed by atoms with Crippen molar-refractivity contribution in [3.63, 3.8) is 0 Å². The van der Waals surface area contributed by atoms with Crippen LogP contribution < -0.4 is 5.32 Å². The first-order valence-electron chi connectivity index (χ1n) is 7.55. The number of aromatic nitrogens is 1. The molecule has 0 aliphatic carbocycles. The lowest BCUT2D eigenvalue weighted by atomic mass is 10.2. The molecule has 0 spiro atoms. The molecule has 0 unspecified atom stereocenters. The van der Waals surface area contributed by atoms with Gasteiger partial charge in [0.2, 0.25) is 11.8 Å². The van der Waals surface area contributed by atoms with E-state index in [1.54, 1.807) is 11.3 Å². The summed E-state index contributed by atoms with van der Waals surface area (Å²) in [6.45, 7) is 0. The van der Waals surface area contributed by atoms with Gasteiger partial charge in [-0.25, -0.2) is 4.98 Å². The number of amides is 1. The Labute approximate surface area is 142 Å². The van der Waals surface area contributed by atoms with Crippen LogP contribution in [0.2, 0.25) is 0 Å². The van der Waals surface area contributed by atoms with Gasteiger partial charge in [-0.05, 0) is 58.8 Å². The molecule has 118 valence electrons. The summed E-state index contributed by atoms with van der Waals surface area (Å²) in [7, 11) is 0. The third-order valence-electron chi connectivity index (χ3n) is 3.65. The molecule has 0 bridgehead atoms. The van der Waals surface area contributed by atoms with E-state index in [0.29, 0.717) is 12.3 Å². The van der Waals surface area contributed by atoms with Crippen molar-refractivity contribution < 1.29 is 9.21 Å². The fourth-order valence-electron chi connectivity index (χ4n) is 2.48. The number of hydrogen-bond donors (Lipinski definition) is 1. The number of anilines is 1. The van der Waals surface area contributed by atoms with E-state index in [1.165, 1.54) is 0 Å². The van der Waals surface area contributed by atoms with Gasteiger partial charge >= 0.3 is 0 Å². The Hall–Kier alpha value is -2.92. The van der Waals surface area contributed by atoms with Gasteiger partial charge in [0, 0.05) is 11.3 Å². The molecule has 1 amide bonds. The molecule has 0 fully saturated rings. The molecule has 0 aliphatic heterocycles. The standard InChI is InChI=1S/C19H14N2O2S/c22-18(11-13-9-10-24-12-13)20-15-7-5-14(6-8-15)19-21-16-3-1-2-4-17(16)23-19/h1-10,12H,11H2,(H,20,22). The Balaban J connectivity index is 1.49.